The van der Waals surface area contributed by atoms with Gasteiger partial charge in [-0.1, -0.05) is 231 Å². The summed E-state index contributed by atoms with van der Waals surface area (Å²) < 4.78 is 0. The second-order valence-corrected chi connectivity index (χ2v) is 18.6. The lowest BCUT2D eigenvalue weighted by Gasteiger charge is -2.32. The molecular weight excluding hydrogens is 805 g/mol. The van der Waals surface area contributed by atoms with Crippen LogP contribution < -0.4 is 0 Å². The molecule has 0 saturated carbocycles. The first-order chi connectivity index (χ1) is 33.3. The number of benzene rings is 13. The Kier molecular flexibility index (Phi) is 7.52. The Morgan fingerprint density at radius 3 is 1.33 bits per heavy atom. The highest BCUT2D eigenvalue weighted by molar-refractivity contribution is 6.23. The van der Waals surface area contributed by atoms with E-state index in [0.29, 0.717) is 0 Å². The van der Waals surface area contributed by atoms with E-state index < -0.39 is 5.41 Å². The van der Waals surface area contributed by atoms with Crippen LogP contribution in [0.25, 0.3) is 120 Å². The lowest BCUT2D eigenvalue weighted by Crippen LogP contribution is -2.26. The molecule has 0 bridgehead atoms. The fraction of sp³-hybridized carbons (Fsp3) is 0.0149. The minimum atomic E-state index is -0.487. The van der Waals surface area contributed by atoms with E-state index in [-0.39, 0.29) is 0 Å². The first-order valence-electron chi connectivity index (χ1n) is 23.5. The van der Waals surface area contributed by atoms with E-state index in [4.69, 9.17) is 0 Å². The summed E-state index contributed by atoms with van der Waals surface area (Å²) in [6.07, 6.45) is 0. The van der Waals surface area contributed by atoms with E-state index in [1.54, 1.807) is 0 Å². The predicted molar refractivity (Wildman–Crippen MR) is 284 cm³/mol. The van der Waals surface area contributed by atoms with Crippen LogP contribution in [0.4, 0.5) is 0 Å². The topological polar surface area (TPSA) is 0 Å². The van der Waals surface area contributed by atoms with Crippen molar-refractivity contribution in [3.8, 4) is 55.6 Å². The molecule has 15 rings (SSSR count). The van der Waals surface area contributed by atoms with Gasteiger partial charge in [0.05, 0.1) is 5.41 Å². The minimum absolute atomic E-state index is 0.487. The molecule has 2 aliphatic rings. The number of fused-ring (bicyclic) bond motifs is 20. The lowest BCUT2D eigenvalue weighted by atomic mass is 9.68. The van der Waals surface area contributed by atoms with Gasteiger partial charge in [-0.05, 0) is 155 Å². The van der Waals surface area contributed by atoms with Crippen LogP contribution in [0.2, 0.25) is 0 Å². The minimum Gasteiger partial charge on any atom is -0.0619 e. The van der Waals surface area contributed by atoms with Gasteiger partial charge < -0.3 is 0 Å². The van der Waals surface area contributed by atoms with Gasteiger partial charge in [-0.25, -0.2) is 0 Å². The molecule has 0 aromatic heterocycles. The van der Waals surface area contributed by atoms with Gasteiger partial charge in [-0.2, -0.15) is 0 Å². The lowest BCUT2D eigenvalue weighted by molar-refractivity contribution is 0.809. The standard InChI is InChI=1S/C67H40/c1-2-17-45-39-47(34-31-41(45)15-1)63-55-25-9-7-23-53(55)62(54-24-8-10-26-56(54)63)44-32-29-42(30-33-44)46-36-37-57-59(40-46)49-19-5-6-22-52(49)64-58-38-35-43-16-3-4-18-48(43)65(58)67(66(57)64)60-27-13-11-20-50(60)51-21-12-14-28-61(51)67/h1-40H. The smallest absolute Gasteiger partial charge is 0.0619 e. The van der Waals surface area contributed by atoms with Gasteiger partial charge in [0, 0.05) is 0 Å². The van der Waals surface area contributed by atoms with Gasteiger partial charge in [0.1, 0.15) is 0 Å². The average molecular weight is 845 g/mol. The molecule has 0 nitrogen and oxygen atoms in total. The third kappa shape index (κ3) is 4.92. The zero-order chi connectivity index (χ0) is 43.8. The van der Waals surface area contributed by atoms with E-state index in [1.165, 1.54) is 143 Å². The van der Waals surface area contributed by atoms with E-state index in [2.05, 4.69) is 243 Å². The molecule has 0 heteroatoms. The first-order valence-corrected chi connectivity index (χ1v) is 23.5. The normalized spacial score (nSPS) is 13.2. The van der Waals surface area contributed by atoms with Gasteiger partial charge in [0.15, 0.2) is 0 Å². The molecule has 13 aromatic carbocycles. The maximum Gasteiger partial charge on any atom is 0.0737 e. The Labute approximate surface area is 388 Å². The molecule has 67 heavy (non-hydrogen) atoms. The summed E-state index contributed by atoms with van der Waals surface area (Å²) in [5.74, 6) is 0. The van der Waals surface area contributed by atoms with Gasteiger partial charge in [0.25, 0.3) is 0 Å². The Hall–Kier alpha value is -8.58. The molecule has 0 atom stereocenters. The van der Waals surface area contributed by atoms with Gasteiger partial charge in [-0.3, -0.25) is 0 Å². The zero-order valence-corrected chi connectivity index (χ0v) is 36.6. The second kappa shape index (κ2) is 13.7. The van der Waals surface area contributed by atoms with Crippen molar-refractivity contribution < 1.29 is 0 Å². The SMILES string of the molecule is c1ccc2c(c1)-c1ccccc1C21c2c(ccc3ccccc23)-c2c1c1ccc(-c3ccc(-c4c5ccccc5c(-c5ccc6ccccc6c5)c5ccccc45)cc3)cc1c1ccccc21. The molecule has 0 aliphatic heterocycles. The highest BCUT2D eigenvalue weighted by Crippen LogP contribution is 2.66. The number of hydrogen-bond acceptors (Lipinski definition) is 0. The van der Waals surface area contributed by atoms with Crippen molar-refractivity contribution in [3.63, 3.8) is 0 Å². The molecule has 0 N–H and O–H groups in total. The van der Waals surface area contributed by atoms with Crippen molar-refractivity contribution in [1.29, 1.82) is 0 Å². The highest BCUT2D eigenvalue weighted by Gasteiger charge is 2.53. The molecule has 0 unspecified atom stereocenters. The molecule has 0 heterocycles. The Balaban J connectivity index is 0.942. The molecule has 308 valence electrons. The van der Waals surface area contributed by atoms with Gasteiger partial charge >= 0.3 is 0 Å². The van der Waals surface area contributed by atoms with Crippen LogP contribution in [0.3, 0.4) is 0 Å². The molecule has 0 fully saturated rings. The van der Waals surface area contributed by atoms with Crippen molar-refractivity contribution in [2.75, 3.05) is 0 Å². The largest absolute Gasteiger partial charge is 0.0737 e. The molecule has 13 aromatic rings. The quantitative estimate of drug-likeness (QED) is 0.123. The summed E-state index contributed by atoms with van der Waals surface area (Å²) in [4.78, 5) is 0. The van der Waals surface area contributed by atoms with Crippen molar-refractivity contribution in [2.24, 2.45) is 0 Å². The van der Waals surface area contributed by atoms with Crippen molar-refractivity contribution in [1.82, 2.24) is 0 Å². The van der Waals surface area contributed by atoms with Crippen LogP contribution in [-0.2, 0) is 5.41 Å². The van der Waals surface area contributed by atoms with Crippen molar-refractivity contribution in [2.45, 2.75) is 5.41 Å². The summed E-state index contributed by atoms with van der Waals surface area (Å²) in [5.41, 5.74) is 17.8. The molecule has 0 amide bonds. The summed E-state index contributed by atoms with van der Waals surface area (Å²) in [6, 6.07) is 91.4. The van der Waals surface area contributed by atoms with E-state index in [0.717, 1.165) is 0 Å². The fourth-order valence-electron chi connectivity index (χ4n) is 12.7. The van der Waals surface area contributed by atoms with Crippen molar-refractivity contribution >= 4 is 64.6 Å². The Morgan fingerprint density at radius 2 is 0.672 bits per heavy atom. The van der Waals surface area contributed by atoms with Crippen LogP contribution in [0, 0.1) is 0 Å². The van der Waals surface area contributed by atoms with Crippen LogP contribution in [-0.4, -0.2) is 0 Å². The van der Waals surface area contributed by atoms with Crippen LogP contribution in [0.15, 0.2) is 243 Å². The third-order valence-corrected chi connectivity index (χ3v) is 15.4. The molecule has 1 spiro atoms. The Morgan fingerprint density at radius 1 is 0.209 bits per heavy atom. The Bertz CT molecular complexity index is 4160. The molecule has 0 radical (unpaired) electrons. The highest BCUT2D eigenvalue weighted by atomic mass is 14.5. The molecule has 0 saturated heterocycles. The zero-order valence-electron chi connectivity index (χ0n) is 36.6. The summed E-state index contributed by atoms with van der Waals surface area (Å²) in [7, 11) is 0. The van der Waals surface area contributed by atoms with Crippen LogP contribution >= 0.6 is 0 Å². The van der Waals surface area contributed by atoms with E-state index >= 15 is 0 Å². The van der Waals surface area contributed by atoms with E-state index in [1.807, 2.05) is 0 Å². The number of rotatable bonds is 3. The molecular formula is C67H40. The van der Waals surface area contributed by atoms with E-state index in [9.17, 15) is 0 Å². The second-order valence-electron chi connectivity index (χ2n) is 18.6. The molecule has 2 aliphatic carbocycles. The van der Waals surface area contributed by atoms with Crippen LogP contribution in [0.1, 0.15) is 22.3 Å². The first kappa shape index (κ1) is 36.7. The summed E-state index contributed by atoms with van der Waals surface area (Å²) in [5, 5.41) is 15.4. The average Bonchev–Trinajstić information content (AvgIpc) is 3.88. The maximum absolute atomic E-state index is 2.47. The summed E-state index contributed by atoms with van der Waals surface area (Å²) >= 11 is 0. The monoisotopic (exact) mass is 844 g/mol. The van der Waals surface area contributed by atoms with Gasteiger partial charge in [-0.15, -0.1) is 0 Å². The summed E-state index contributed by atoms with van der Waals surface area (Å²) in [6.45, 7) is 0. The maximum atomic E-state index is 2.47. The fourth-order valence-corrected chi connectivity index (χ4v) is 12.7. The predicted octanol–water partition coefficient (Wildman–Crippen LogP) is 18.0. The number of hydrogen-bond donors (Lipinski definition) is 0. The third-order valence-electron chi connectivity index (χ3n) is 15.4. The van der Waals surface area contributed by atoms with Crippen LogP contribution in [0.5, 0.6) is 0 Å². The van der Waals surface area contributed by atoms with Gasteiger partial charge in [0.2, 0.25) is 0 Å². The van der Waals surface area contributed by atoms with Crippen molar-refractivity contribution in [3.05, 3.63) is 265 Å².